The first kappa shape index (κ1) is 12.9. The maximum Gasteiger partial charge on any atom is 0 e. The first-order valence-corrected chi connectivity index (χ1v) is 6.69. The first-order chi connectivity index (χ1) is 8.93. The van der Waals surface area contributed by atoms with E-state index in [0.29, 0.717) is 0 Å². The van der Waals surface area contributed by atoms with Gasteiger partial charge in [-0.15, -0.1) is 22.9 Å². The molecule has 0 nitrogen and oxygen atoms in total. The SMILES string of the molecule is [Zr].c1ccc(-c2c3c(cc4[cH-]ccc24)CCC3)cc1. The first-order valence-electron chi connectivity index (χ1n) is 6.69. The van der Waals surface area contributed by atoms with E-state index in [1.54, 1.807) is 11.1 Å². The van der Waals surface area contributed by atoms with Crippen molar-refractivity contribution in [3.63, 3.8) is 0 Å². The molecule has 4 rings (SSSR count). The van der Waals surface area contributed by atoms with Gasteiger partial charge in [0.2, 0.25) is 0 Å². The Balaban J connectivity index is 0.00000110. The van der Waals surface area contributed by atoms with Crippen LogP contribution in [0.15, 0.2) is 54.6 Å². The van der Waals surface area contributed by atoms with Gasteiger partial charge in [0, 0.05) is 26.2 Å². The fourth-order valence-corrected chi connectivity index (χ4v) is 3.28. The van der Waals surface area contributed by atoms with Crippen LogP contribution in [0.5, 0.6) is 0 Å². The van der Waals surface area contributed by atoms with Gasteiger partial charge < -0.3 is 0 Å². The normalized spacial score (nSPS) is 13.3. The summed E-state index contributed by atoms with van der Waals surface area (Å²) in [5, 5.41) is 2.82. The monoisotopic (exact) mass is 321 g/mol. The van der Waals surface area contributed by atoms with Crippen molar-refractivity contribution in [3.05, 3.63) is 65.7 Å². The van der Waals surface area contributed by atoms with Crippen molar-refractivity contribution in [2.75, 3.05) is 0 Å². The molecule has 0 aliphatic heterocycles. The number of fused-ring (bicyclic) bond motifs is 2. The van der Waals surface area contributed by atoms with Crippen LogP contribution < -0.4 is 0 Å². The summed E-state index contributed by atoms with van der Waals surface area (Å²) >= 11 is 0. The standard InChI is InChI=1S/C18H15.Zr/c1-2-6-13(7-3-1)18-16-10-4-8-14(16)12-15-9-5-11-17(15)18;/h1-4,6-8,10,12H,5,9,11H2;/q-1;. The van der Waals surface area contributed by atoms with Crippen LogP contribution in [0.4, 0.5) is 0 Å². The van der Waals surface area contributed by atoms with Gasteiger partial charge in [-0.1, -0.05) is 47.0 Å². The van der Waals surface area contributed by atoms with Gasteiger partial charge >= 0.3 is 0 Å². The topological polar surface area (TPSA) is 0 Å². The molecule has 3 aromatic carbocycles. The molecule has 19 heavy (non-hydrogen) atoms. The minimum Gasteiger partial charge on any atom is -0.168 e. The molecule has 0 radical (unpaired) electrons. The summed E-state index contributed by atoms with van der Waals surface area (Å²) < 4.78 is 0. The van der Waals surface area contributed by atoms with E-state index in [1.807, 2.05) is 0 Å². The summed E-state index contributed by atoms with van der Waals surface area (Å²) in [5.41, 5.74) is 5.99. The van der Waals surface area contributed by atoms with Gasteiger partial charge in [-0.3, -0.25) is 0 Å². The maximum atomic E-state index is 2.39. The number of aryl methyl sites for hydroxylation is 1. The van der Waals surface area contributed by atoms with E-state index in [2.05, 4.69) is 54.6 Å². The summed E-state index contributed by atoms with van der Waals surface area (Å²) in [5.74, 6) is 0. The molecule has 0 fully saturated rings. The number of hydrogen-bond acceptors (Lipinski definition) is 0. The van der Waals surface area contributed by atoms with Crippen molar-refractivity contribution in [1.82, 2.24) is 0 Å². The van der Waals surface area contributed by atoms with Crippen LogP contribution in [0, 0.1) is 0 Å². The second-order valence-electron chi connectivity index (χ2n) is 5.14. The Morgan fingerprint density at radius 3 is 2.63 bits per heavy atom. The van der Waals surface area contributed by atoms with Crippen molar-refractivity contribution in [2.45, 2.75) is 19.3 Å². The van der Waals surface area contributed by atoms with Gasteiger partial charge in [0.05, 0.1) is 0 Å². The van der Waals surface area contributed by atoms with Crippen LogP contribution in [-0.4, -0.2) is 0 Å². The predicted octanol–water partition coefficient (Wildman–Crippen LogP) is 4.71. The van der Waals surface area contributed by atoms with Crippen molar-refractivity contribution >= 4 is 10.8 Å². The minimum absolute atomic E-state index is 0. The maximum absolute atomic E-state index is 2.39. The molecule has 0 heterocycles. The van der Waals surface area contributed by atoms with Gasteiger partial charge in [0.15, 0.2) is 0 Å². The molecule has 0 amide bonds. The summed E-state index contributed by atoms with van der Waals surface area (Å²) in [7, 11) is 0. The van der Waals surface area contributed by atoms with Crippen molar-refractivity contribution in [3.8, 4) is 11.1 Å². The Morgan fingerprint density at radius 2 is 1.79 bits per heavy atom. The average Bonchev–Trinajstić information content (AvgIpc) is 3.04. The zero-order chi connectivity index (χ0) is 11.9. The molecule has 0 atom stereocenters. The minimum atomic E-state index is 0. The molecule has 3 aromatic rings. The number of rotatable bonds is 1. The third kappa shape index (κ3) is 2.05. The van der Waals surface area contributed by atoms with Crippen LogP contribution in [0.1, 0.15) is 17.5 Å². The van der Waals surface area contributed by atoms with Crippen LogP contribution in [-0.2, 0) is 39.0 Å². The average molecular weight is 323 g/mol. The third-order valence-electron chi connectivity index (χ3n) is 4.07. The smallest absolute Gasteiger partial charge is 0 e. The van der Waals surface area contributed by atoms with Gasteiger partial charge in [-0.05, 0) is 24.8 Å². The Morgan fingerprint density at radius 1 is 0.947 bits per heavy atom. The van der Waals surface area contributed by atoms with Crippen LogP contribution in [0.3, 0.4) is 0 Å². The van der Waals surface area contributed by atoms with E-state index in [4.69, 9.17) is 0 Å². The molecule has 0 N–H and O–H groups in total. The molecule has 0 saturated carbocycles. The molecular weight excluding hydrogens is 307 g/mol. The number of benzene rings is 2. The van der Waals surface area contributed by atoms with Crippen LogP contribution >= 0.6 is 0 Å². The molecule has 1 heteroatoms. The second kappa shape index (κ2) is 5.14. The molecule has 0 aromatic heterocycles. The largest absolute Gasteiger partial charge is 0.168 e. The summed E-state index contributed by atoms with van der Waals surface area (Å²) in [4.78, 5) is 0. The zero-order valence-electron chi connectivity index (χ0n) is 10.8. The quantitative estimate of drug-likeness (QED) is 0.569. The molecule has 1 aliphatic rings. The molecule has 0 saturated heterocycles. The third-order valence-corrected chi connectivity index (χ3v) is 4.07. The summed E-state index contributed by atoms with van der Waals surface area (Å²) in [6, 6.07) is 19.9. The van der Waals surface area contributed by atoms with E-state index in [9.17, 15) is 0 Å². The fourth-order valence-electron chi connectivity index (χ4n) is 3.28. The van der Waals surface area contributed by atoms with Crippen LogP contribution in [0.25, 0.3) is 21.9 Å². The van der Waals surface area contributed by atoms with Gasteiger partial charge in [-0.25, -0.2) is 0 Å². The van der Waals surface area contributed by atoms with Gasteiger partial charge in [0.25, 0.3) is 0 Å². The molecule has 0 spiro atoms. The Labute approximate surface area is 132 Å². The van der Waals surface area contributed by atoms with Gasteiger partial charge in [0.1, 0.15) is 0 Å². The summed E-state index contributed by atoms with van der Waals surface area (Å²) in [6.07, 6.45) is 3.79. The molecular formula is C18H15Zr-. The van der Waals surface area contributed by atoms with Gasteiger partial charge in [-0.2, -0.15) is 12.1 Å². The Kier molecular flexibility index (Phi) is 3.50. The van der Waals surface area contributed by atoms with E-state index >= 15 is 0 Å². The van der Waals surface area contributed by atoms with E-state index in [1.165, 1.54) is 41.2 Å². The van der Waals surface area contributed by atoms with E-state index in [-0.39, 0.29) is 26.2 Å². The van der Waals surface area contributed by atoms with Crippen LogP contribution in [0.2, 0.25) is 0 Å². The zero-order valence-corrected chi connectivity index (χ0v) is 13.3. The Hall–Kier alpha value is -1.07. The summed E-state index contributed by atoms with van der Waals surface area (Å²) in [6.45, 7) is 0. The molecule has 1 aliphatic carbocycles. The molecule has 92 valence electrons. The second-order valence-corrected chi connectivity index (χ2v) is 5.14. The van der Waals surface area contributed by atoms with E-state index < -0.39 is 0 Å². The predicted molar refractivity (Wildman–Crippen MR) is 77.0 cm³/mol. The fraction of sp³-hybridized carbons (Fsp3) is 0.167. The van der Waals surface area contributed by atoms with Crippen molar-refractivity contribution in [1.29, 1.82) is 0 Å². The van der Waals surface area contributed by atoms with Crippen molar-refractivity contribution in [2.24, 2.45) is 0 Å². The molecule has 0 bridgehead atoms. The number of hydrogen-bond donors (Lipinski definition) is 0. The molecule has 0 unspecified atom stereocenters. The van der Waals surface area contributed by atoms with Crippen molar-refractivity contribution < 1.29 is 26.2 Å². The Bertz CT molecular complexity index is 707. The van der Waals surface area contributed by atoms with E-state index in [0.717, 1.165) is 0 Å².